The molecule has 18 heavy (non-hydrogen) atoms. The fourth-order valence-corrected chi connectivity index (χ4v) is 2.71. The molecule has 0 bridgehead atoms. The predicted octanol–water partition coefficient (Wildman–Crippen LogP) is 0.113. The molecule has 0 spiro atoms. The normalized spacial score (nSPS) is 26.2. The third-order valence-electron chi connectivity index (χ3n) is 3.72. The molecule has 0 aliphatic carbocycles. The number of amides is 2. The van der Waals surface area contributed by atoms with Gasteiger partial charge >= 0.3 is 0 Å². The molecule has 5 nitrogen and oxygen atoms in total. The number of likely N-dealkylation sites (tertiary alicyclic amines) is 1. The summed E-state index contributed by atoms with van der Waals surface area (Å²) in [6.45, 7) is 5.25. The predicted molar refractivity (Wildman–Crippen MR) is 69.0 cm³/mol. The van der Waals surface area contributed by atoms with E-state index < -0.39 is 0 Å². The second-order valence-electron chi connectivity index (χ2n) is 5.40. The molecular formula is C13H23N3O2. The molecule has 2 aliphatic rings. The number of nitrogens with one attached hydrogen (secondary N) is 2. The Kier molecular flexibility index (Phi) is 4.58. The molecule has 102 valence electrons. The van der Waals surface area contributed by atoms with Gasteiger partial charge in [0.2, 0.25) is 11.8 Å². The maximum absolute atomic E-state index is 12.0. The van der Waals surface area contributed by atoms with E-state index in [0.717, 1.165) is 38.9 Å². The van der Waals surface area contributed by atoms with Crippen molar-refractivity contribution in [3.63, 3.8) is 0 Å². The van der Waals surface area contributed by atoms with Crippen LogP contribution in [0.3, 0.4) is 0 Å². The summed E-state index contributed by atoms with van der Waals surface area (Å²) in [7, 11) is 0. The fraction of sp³-hybridized carbons (Fsp3) is 0.846. The SMILES string of the molecule is CC(CN1CCCC1=O)NC(=O)C1CCCNC1. The third-order valence-corrected chi connectivity index (χ3v) is 3.72. The average Bonchev–Trinajstić information content (AvgIpc) is 2.76. The number of hydrogen-bond donors (Lipinski definition) is 2. The zero-order valence-corrected chi connectivity index (χ0v) is 11.1. The standard InChI is InChI=1S/C13H23N3O2/c1-10(9-16-7-3-5-12(16)17)15-13(18)11-4-2-6-14-8-11/h10-11,14H,2-9H2,1H3,(H,15,18). The highest BCUT2D eigenvalue weighted by Gasteiger charge is 2.25. The second-order valence-corrected chi connectivity index (χ2v) is 5.40. The highest BCUT2D eigenvalue weighted by molar-refractivity contribution is 5.80. The van der Waals surface area contributed by atoms with E-state index in [4.69, 9.17) is 0 Å². The lowest BCUT2D eigenvalue weighted by atomic mass is 9.98. The Balaban J connectivity index is 1.74. The van der Waals surface area contributed by atoms with Crippen molar-refractivity contribution in [1.82, 2.24) is 15.5 Å². The van der Waals surface area contributed by atoms with Crippen LogP contribution < -0.4 is 10.6 Å². The molecule has 0 radical (unpaired) electrons. The van der Waals surface area contributed by atoms with Gasteiger partial charge in [0.15, 0.2) is 0 Å². The number of hydrogen-bond acceptors (Lipinski definition) is 3. The lowest BCUT2D eigenvalue weighted by Gasteiger charge is -2.26. The van der Waals surface area contributed by atoms with E-state index in [0.29, 0.717) is 13.0 Å². The van der Waals surface area contributed by atoms with Gasteiger partial charge in [0, 0.05) is 32.1 Å². The van der Waals surface area contributed by atoms with Gasteiger partial charge in [-0.2, -0.15) is 0 Å². The molecule has 2 heterocycles. The Hall–Kier alpha value is -1.10. The molecule has 5 heteroatoms. The van der Waals surface area contributed by atoms with Gasteiger partial charge in [0.25, 0.3) is 0 Å². The number of carbonyl (C=O) groups is 2. The number of rotatable bonds is 4. The molecule has 0 aromatic rings. The van der Waals surface area contributed by atoms with E-state index in [9.17, 15) is 9.59 Å². The van der Waals surface area contributed by atoms with Crippen molar-refractivity contribution in [2.45, 2.75) is 38.6 Å². The van der Waals surface area contributed by atoms with E-state index in [2.05, 4.69) is 10.6 Å². The minimum atomic E-state index is 0.0430. The molecule has 2 atom stereocenters. The first kappa shape index (κ1) is 13.3. The third kappa shape index (κ3) is 3.45. The Morgan fingerprint density at radius 1 is 1.56 bits per heavy atom. The summed E-state index contributed by atoms with van der Waals surface area (Å²) in [6.07, 6.45) is 3.64. The van der Waals surface area contributed by atoms with Gasteiger partial charge in [-0.05, 0) is 32.7 Å². The zero-order valence-electron chi connectivity index (χ0n) is 11.1. The van der Waals surface area contributed by atoms with Gasteiger partial charge in [-0.15, -0.1) is 0 Å². The smallest absolute Gasteiger partial charge is 0.224 e. The summed E-state index contributed by atoms with van der Waals surface area (Å²) < 4.78 is 0. The van der Waals surface area contributed by atoms with Crippen LogP contribution in [0.4, 0.5) is 0 Å². The molecule has 2 N–H and O–H groups in total. The summed E-state index contributed by atoms with van der Waals surface area (Å²) >= 11 is 0. The van der Waals surface area contributed by atoms with E-state index >= 15 is 0 Å². The number of piperidine rings is 1. The zero-order chi connectivity index (χ0) is 13.0. The van der Waals surface area contributed by atoms with Crippen molar-refractivity contribution in [3.05, 3.63) is 0 Å². The molecular weight excluding hydrogens is 230 g/mol. The summed E-state index contributed by atoms with van der Waals surface area (Å²) in [6, 6.07) is 0.0430. The van der Waals surface area contributed by atoms with E-state index in [1.165, 1.54) is 0 Å². The molecule has 2 fully saturated rings. The minimum Gasteiger partial charge on any atom is -0.352 e. The summed E-state index contributed by atoms with van der Waals surface area (Å²) in [5.41, 5.74) is 0. The maximum atomic E-state index is 12.0. The van der Waals surface area contributed by atoms with E-state index in [-0.39, 0.29) is 23.8 Å². The van der Waals surface area contributed by atoms with Crippen LogP contribution >= 0.6 is 0 Å². The highest BCUT2D eigenvalue weighted by atomic mass is 16.2. The van der Waals surface area contributed by atoms with Crippen LogP contribution in [0, 0.1) is 5.92 Å². The fourth-order valence-electron chi connectivity index (χ4n) is 2.71. The highest BCUT2D eigenvalue weighted by Crippen LogP contribution is 2.12. The van der Waals surface area contributed by atoms with Crippen LogP contribution in [0.1, 0.15) is 32.6 Å². The van der Waals surface area contributed by atoms with Crippen LogP contribution in [-0.4, -0.2) is 48.9 Å². The van der Waals surface area contributed by atoms with Crippen LogP contribution in [0.5, 0.6) is 0 Å². The van der Waals surface area contributed by atoms with Crippen molar-refractivity contribution in [3.8, 4) is 0 Å². The monoisotopic (exact) mass is 253 g/mol. The first-order valence-corrected chi connectivity index (χ1v) is 6.95. The Morgan fingerprint density at radius 2 is 2.39 bits per heavy atom. The molecule has 0 aromatic heterocycles. The number of nitrogens with zero attached hydrogens (tertiary/aromatic N) is 1. The first-order valence-electron chi connectivity index (χ1n) is 6.95. The van der Waals surface area contributed by atoms with Gasteiger partial charge < -0.3 is 15.5 Å². The van der Waals surface area contributed by atoms with Crippen LogP contribution in [0.25, 0.3) is 0 Å². The van der Waals surface area contributed by atoms with Crippen LogP contribution in [0.2, 0.25) is 0 Å². The quantitative estimate of drug-likeness (QED) is 0.748. The van der Waals surface area contributed by atoms with Gasteiger partial charge in [0.1, 0.15) is 0 Å². The summed E-state index contributed by atoms with van der Waals surface area (Å²) in [4.78, 5) is 25.4. The van der Waals surface area contributed by atoms with E-state index in [1.807, 2.05) is 11.8 Å². The van der Waals surface area contributed by atoms with Crippen LogP contribution in [0.15, 0.2) is 0 Å². The van der Waals surface area contributed by atoms with E-state index in [1.54, 1.807) is 0 Å². The second kappa shape index (κ2) is 6.18. The van der Waals surface area contributed by atoms with Crippen molar-refractivity contribution >= 4 is 11.8 Å². The van der Waals surface area contributed by atoms with Crippen LogP contribution in [-0.2, 0) is 9.59 Å². The molecule has 2 aliphatic heterocycles. The van der Waals surface area contributed by atoms with Crippen molar-refractivity contribution in [2.75, 3.05) is 26.2 Å². The van der Waals surface area contributed by atoms with Crippen molar-refractivity contribution < 1.29 is 9.59 Å². The Bertz CT molecular complexity index is 313. The van der Waals surface area contributed by atoms with Crippen molar-refractivity contribution in [2.24, 2.45) is 5.92 Å². The largest absolute Gasteiger partial charge is 0.352 e. The van der Waals surface area contributed by atoms with Gasteiger partial charge in [-0.25, -0.2) is 0 Å². The minimum absolute atomic E-state index is 0.0430. The molecule has 2 saturated heterocycles. The summed E-state index contributed by atoms with van der Waals surface area (Å²) in [5, 5.41) is 6.27. The number of carbonyl (C=O) groups excluding carboxylic acids is 2. The maximum Gasteiger partial charge on any atom is 0.224 e. The molecule has 0 aromatic carbocycles. The van der Waals surface area contributed by atoms with Gasteiger partial charge in [-0.1, -0.05) is 0 Å². The van der Waals surface area contributed by atoms with Gasteiger partial charge in [0.05, 0.1) is 5.92 Å². The molecule has 0 saturated carbocycles. The lowest BCUT2D eigenvalue weighted by Crippen LogP contribution is -2.47. The molecule has 2 unspecified atom stereocenters. The summed E-state index contributed by atoms with van der Waals surface area (Å²) in [5.74, 6) is 0.437. The topological polar surface area (TPSA) is 61.4 Å². The Morgan fingerprint density at radius 3 is 3.00 bits per heavy atom. The average molecular weight is 253 g/mol. The van der Waals surface area contributed by atoms with Gasteiger partial charge in [-0.3, -0.25) is 9.59 Å². The van der Waals surface area contributed by atoms with Crippen molar-refractivity contribution in [1.29, 1.82) is 0 Å². The first-order chi connectivity index (χ1) is 8.66. The molecule has 2 amide bonds. The Labute approximate surface area is 108 Å². The molecule has 2 rings (SSSR count). The lowest BCUT2D eigenvalue weighted by molar-refractivity contribution is -0.130.